The van der Waals surface area contributed by atoms with Crippen molar-refractivity contribution in [3.05, 3.63) is 78.7 Å². The molecule has 228 valence electrons. The highest BCUT2D eigenvalue weighted by atomic mass is 127. The molecule has 9 heteroatoms. The van der Waals surface area contributed by atoms with Crippen molar-refractivity contribution in [1.82, 2.24) is 4.90 Å². The van der Waals surface area contributed by atoms with Gasteiger partial charge in [-0.05, 0) is 81.7 Å². The number of carboxylic acid groups (broad SMARTS) is 1. The Hall–Kier alpha value is -2.85. The molecule has 0 fully saturated rings. The van der Waals surface area contributed by atoms with Gasteiger partial charge in [0.2, 0.25) is 0 Å². The number of carbonyl (C=O) groups is 3. The Labute approximate surface area is 271 Å². The zero-order chi connectivity index (χ0) is 31.3. The molecule has 2 aromatic carbocycles. The normalized spacial score (nSPS) is 19.7. The van der Waals surface area contributed by atoms with Crippen molar-refractivity contribution in [2.24, 2.45) is 10.8 Å². The van der Waals surface area contributed by atoms with Gasteiger partial charge in [0.25, 0.3) is 0 Å². The van der Waals surface area contributed by atoms with E-state index in [-0.39, 0.29) is 35.4 Å². The van der Waals surface area contributed by atoms with Crippen LogP contribution in [0.1, 0.15) is 76.8 Å². The molecule has 0 unspecified atom stereocenters. The van der Waals surface area contributed by atoms with Crippen molar-refractivity contribution in [2.45, 2.75) is 72.3 Å². The molecule has 0 saturated carbocycles. The summed E-state index contributed by atoms with van der Waals surface area (Å²) >= 11 is 8.37. The van der Waals surface area contributed by atoms with E-state index in [1.54, 1.807) is 7.11 Å². The number of ketones is 2. The minimum atomic E-state index is -0.915. The summed E-state index contributed by atoms with van der Waals surface area (Å²) in [7, 11) is 1.58. The Bertz CT molecular complexity index is 1520. The number of methoxy groups -OCH3 is 1. The highest BCUT2D eigenvalue weighted by molar-refractivity contribution is 14.1. The monoisotopic (exact) mass is 717 g/mol. The number of carbonyl (C=O) groups excluding carboxylic acids is 2. The van der Waals surface area contributed by atoms with Crippen LogP contribution >= 0.6 is 34.2 Å². The summed E-state index contributed by atoms with van der Waals surface area (Å²) in [6.45, 7) is 8.77. The van der Waals surface area contributed by atoms with Crippen LogP contribution < -0.4 is 9.47 Å². The van der Waals surface area contributed by atoms with Crippen molar-refractivity contribution in [2.75, 3.05) is 13.7 Å². The fourth-order valence-corrected chi connectivity index (χ4v) is 7.68. The van der Waals surface area contributed by atoms with E-state index < -0.39 is 11.9 Å². The lowest BCUT2D eigenvalue weighted by atomic mass is 9.63. The van der Waals surface area contributed by atoms with Crippen LogP contribution in [0.2, 0.25) is 5.02 Å². The van der Waals surface area contributed by atoms with Crippen LogP contribution in [-0.4, -0.2) is 41.2 Å². The second kappa shape index (κ2) is 11.9. The van der Waals surface area contributed by atoms with Crippen LogP contribution in [-0.2, 0) is 21.0 Å². The van der Waals surface area contributed by atoms with Crippen molar-refractivity contribution >= 4 is 51.7 Å². The van der Waals surface area contributed by atoms with E-state index in [2.05, 4.69) is 50.3 Å². The first-order chi connectivity index (χ1) is 20.2. The Morgan fingerprint density at radius 3 is 2.14 bits per heavy atom. The zero-order valence-corrected chi connectivity index (χ0v) is 28.1. The van der Waals surface area contributed by atoms with E-state index in [1.807, 2.05) is 41.3 Å². The number of Topliss-reactive ketones (excluding diaryl/α,β-unsaturated/α-hetero) is 2. The number of ether oxygens (including phenoxy) is 2. The van der Waals surface area contributed by atoms with Gasteiger partial charge in [0, 0.05) is 52.9 Å². The lowest BCUT2D eigenvalue weighted by Crippen LogP contribution is -2.45. The van der Waals surface area contributed by atoms with Crippen LogP contribution in [0, 0.1) is 14.4 Å². The van der Waals surface area contributed by atoms with Crippen LogP contribution in [0.15, 0.2) is 58.9 Å². The Morgan fingerprint density at radius 2 is 1.60 bits per heavy atom. The lowest BCUT2D eigenvalue weighted by molar-refractivity contribution is -0.137. The molecule has 0 atom stereocenters. The molecule has 7 nitrogen and oxygen atoms in total. The summed E-state index contributed by atoms with van der Waals surface area (Å²) in [5, 5.41) is 10.2. The summed E-state index contributed by atoms with van der Waals surface area (Å²) in [5.41, 5.74) is 3.99. The largest absolute Gasteiger partial charge is 0.493 e. The minimum Gasteiger partial charge on any atom is -0.493 e. The first-order valence-electron chi connectivity index (χ1n) is 14.5. The van der Waals surface area contributed by atoms with Crippen LogP contribution in [0.3, 0.4) is 0 Å². The first kappa shape index (κ1) is 31.6. The number of halogens is 2. The molecule has 0 bridgehead atoms. The van der Waals surface area contributed by atoms with E-state index in [4.69, 9.17) is 21.1 Å². The zero-order valence-electron chi connectivity index (χ0n) is 25.2. The number of carboxylic acids is 1. The average Bonchev–Trinajstić information content (AvgIpc) is 2.89. The number of nitrogens with zero attached hydrogens (tertiary/aromatic N) is 1. The SMILES string of the molecule is COc1cc(C2C3=C(CC(C)(C)CC3=O)N(CCC(=O)O)C3=C2C(=O)CC(C)(C)C3)cc(I)c1OCc1cccc(Cl)c1. The van der Waals surface area contributed by atoms with Crippen molar-refractivity contribution < 1.29 is 29.0 Å². The molecule has 1 N–H and O–H groups in total. The third-order valence-electron chi connectivity index (χ3n) is 8.43. The van der Waals surface area contributed by atoms with E-state index in [0.29, 0.717) is 60.0 Å². The molecule has 2 aliphatic carbocycles. The average molecular weight is 718 g/mol. The van der Waals surface area contributed by atoms with Gasteiger partial charge in [0.15, 0.2) is 23.1 Å². The van der Waals surface area contributed by atoms with Gasteiger partial charge in [-0.2, -0.15) is 0 Å². The molecule has 0 aromatic heterocycles. The minimum absolute atomic E-state index is 0.00369. The highest BCUT2D eigenvalue weighted by Crippen LogP contribution is 2.55. The lowest BCUT2D eigenvalue weighted by Gasteiger charge is -2.49. The van der Waals surface area contributed by atoms with E-state index in [1.165, 1.54) is 0 Å². The van der Waals surface area contributed by atoms with Crippen molar-refractivity contribution in [3.63, 3.8) is 0 Å². The first-order valence-corrected chi connectivity index (χ1v) is 15.9. The second-order valence-corrected chi connectivity index (χ2v) is 14.9. The number of allylic oxidation sites excluding steroid dienone is 4. The number of benzene rings is 2. The Morgan fingerprint density at radius 1 is 1.00 bits per heavy atom. The standard InChI is InChI=1S/C34H37ClINO6/c1-33(2)14-23-30(25(38)16-33)29(31-24(37(23)10-9-28(40)41)15-34(3,4)17-26(31)39)20-12-22(36)32(27(13-20)42-5)43-18-19-7-6-8-21(35)11-19/h6-8,11-13,29H,9-10,14-18H2,1-5H3,(H,40,41). The third kappa shape index (κ3) is 6.50. The predicted molar refractivity (Wildman–Crippen MR) is 173 cm³/mol. The molecule has 3 aliphatic rings. The van der Waals surface area contributed by atoms with Gasteiger partial charge < -0.3 is 19.5 Å². The molecule has 0 amide bonds. The smallest absolute Gasteiger partial charge is 0.305 e. The number of rotatable bonds is 8. The fourth-order valence-electron chi connectivity index (χ4n) is 6.69. The van der Waals surface area contributed by atoms with Crippen LogP contribution in [0.4, 0.5) is 0 Å². The van der Waals surface area contributed by atoms with Crippen molar-refractivity contribution in [1.29, 1.82) is 0 Å². The molecule has 1 heterocycles. The molecule has 0 saturated heterocycles. The fraction of sp³-hybridized carbons (Fsp3) is 0.441. The summed E-state index contributed by atoms with van der Waals surface area (Å²) in [4.78, 5) is 41.7. The molecule has 0 radical (unpaired) electrons. The van der Waals surface area contributed by atoms with E-state index >= 15 is 0 Å². The second-order valence-electron chi connectivity index (χ2n) is 13.3. The van der Waals surface area contributed by atoms with Gasteiger partial charge in [0.05, 0.1) is 17.1 Å². The van der Waals surface area contributed by atoms with Crippen molar-refractivity contribution in [3.8, 4) is 11.5 Å². The molecule has 0 spiro atoms. The summed E-state index contributed by atoms with van der Waals surface area (Å²) < 4.78 is 12.8. The summed E-state index contributed by atoms with van der Waals surface area (Å²) in [6, 6.07) is 11.3. The quantitative estimate of drug-likeness (QED) is 0.280. The summed E-state index contributed by atoms with van der Waals surface area (Å²) in [6.07, 6.45) is 1.85. The summed E-state index contributed by atoms with van der Waals surface area (Å²) in [5.74, 6) is -0.411. The van der Waals surface area contributed by atoms with Gasteiger partial charge in [0.1, 0.15) is 6.61 Å². The van der Waals surface area contributed by atoms with Crippen LogP contribution in [0.25, 0.3) is 0 Å². The van der Waals surface area contributed by atoms with E-state index in [0.717, 1.165) is 26.1 Å². The molecule has 2 aromatic rings. The maximum atomic E-state index is 14.0. The van der Waals surface area contributed by atoms with Gasteiger partial charge in [-0.1, -0.05) is 51.4 Å². The topological polar surface area (TPSA) is 93.1 Å². The number of hydrogen-bond acceptors (Lipinski definition) is 6. The molecular formula is C34H37ClINO6. The number of hydrogen-bond donors (Lipinski definition) is 1. The highest BCUT2D eigenvalue weighted by Gasteiger charge is 2.49. The Kier molecular flexibility index (Phi) is 8.75. The molecular weight excluding hydrogens is 681 g/mol. The predicted octanol–water partition coefficient (Wildman–Crippen LogP) is 7.69. The van der Waals surface area contributed by atoms with Crippen LogP contribution in [0.5, 0.6) is 11.5 Å². The van der Waals surface area contributed by atoms with E-state index in [9.17, 15) is 19.5 Å². The van der Waals surface area contributed by atoms with Gasteiger partial charge in [-0.3, -0.25) is 14.4 Å². The third-order valence-corrected chi connectivity index (χ3v) is 9.46. The molecule has 1 aliphatic heterocycles. The molecule has 5 rings (SSSR count). The number of aliphatic carboxylic acids is 1. The van der Waals surface area contributed by atoms with Gasteiger partial charge in [-0.15, -0.1) is 0 Å². The maximum absolute atomic E-state index is 14.0. The van der Waals surface area contributed by atoms with Gasteiger partial charge in [-0.25, -0.2) is 0 Å². The van der Waals surface area contributed by atoms with Gasteiger partial charge >= 0.3 is 5.97 Å². The maximum Gasteiger partial charge on any atom is 0.305 e. The molecule has 43 heavy (non-hydrogen) atoms. The Balaban J connectivity index is 1.66.